The van der Waals surface area contributed by atoms with Crippen LogP contribution in [0.25, 0.3) is 11.3 Å². The molecule has 1 aliphatic rings. The molecular formula is C17H17N5O. The van der Waals surface area contributed by atoms with Crippen molar-refractivity contribution in [3.63, 3.8) is 0 Å². The molecule has 4 rings (SSSR count). The van der Waals surface area contributed by atoms with Crippen molar-refractivity contribution in [2.24, 2.45) is 0 Å². The van der Waals surface area contributed by atoms with Crippen LogP contribution in [0, 0.1) is 0 Å². The number of nitrogens with zero attached hydrogens (tertiary/aromatic N) is 5. The number of hydrogen-bond acceptors (Lipinski definition) is 3. The Balaban J connectivity index is 1.37. The van der Waals surface area contributed by atoms with E-state index in [9.17, 15) is 4.79 Å². The number of carbonyl (C=O) groups excluding carboxylic acids is 1. The largest absolute Gasteiger partial charge is 0.345 e. The standard InChI is InChI=1S/C17H17N5O/c23-17(13-20-8-4-5-9-20)21-10-15(11-21)22-12-16(18-19-22)14-6-2-1-3-7-14/h1-9,12,15H,10-11,13H2. The molecule has 6 heteroatoms. The van der Waals surface area contributed by atoms with E-state index >= 15 is 0 Å². The molecule has 3 aromatic rings. The highest BCUT2D eigenvalue weighted by Gasteiger charge is 2.32. The summed E-state index contributed by atoms with van der Waals surface area (Å²) >= 11 is 0. The lowest BCUT2D eigenvalue weighted by Gasteiger charge is -2.38. The lowest BCUT2D eigenvalue weighted by Crippen LogP contribution is -2.51. The average molecular weight is 307 g/mol. The van der Waals surface area contributed by atoms with Gasteiger partial charge in [-0.05, 0) is 12.1 Å². The van der Waals surface area contributed by atoms with Gasteiger partial charge in [-0.25, -0.2) is 4.68 Å². The summed E-state index contributed by atoms with van der Waals surface area (Å²) < 4.78 is 3.75. The molecule has 116 valence electrons. The van der Waals surface area contributed by atoms with Gasteiger partial charge in [-0.3, -0.25) is 4.79 Å². The summed E-state index contributed by atoms with van der Waals surface area (Å²) in [6.45, 7) is 1.78. The first-order valence-electron chi connectivity index (χ1n) is 7.65. The molecular weight excluding hydrogens is 290 g/mol. The molecule has 2 aromatic heterocycles. The van der Waals surface area contributed by atoms with Gasteiger partial charge < -0.3 is 9.47 Å². The van der Waals surface area contributed by atoms with E-state index in [1.54, 1.807) is 0 Å². The van der Waals surface area contributed by atoms with Crippen LogP contribution in [0.15, 0.2) is 61.1 Å². The lowest BCUT2D eigenvalue weighted by molar-refractivity contribution is -0.137. The van der Waals surface area contributed by atoms with Crippen LogP contribution < -0.4 is 0 Å². The summed E-state index contributed by atoms with van der Waals surface area (Å²) in [7, 11) is 0. The second-order valence-corrected chi connectivity index (χ2v) is 5.76. The lowest BCUT2D eigenvalue weighted by atomic mass is 10.1. The molecule has 1 aromatic carbocycles. The van der Waals surface area contributed by atoms with Crippen LogP contribution in [0.2, 0.25) is 0 Å². The van der Waals surface area contributed by atoms with E-state index in [2.05, 4.69) is 10.3 Å². The number of amides is 1. The number of hydrogen-bond donors (Lipinski definition) is 0. The molecule has 0 unspecified atom stereocenters. The summed E-state index contributed by atoms with van der Waals surface area (Å²) in [5.41, 5.74) is 1.92. The number of rotatable bonds is 4. The van der Waals surface area contributed by atoms with Gasteiger partial charge >= 0.3 is 0 Å². The monoisotopic (exact) mass is 307 g/mol. The molecule has 0 aliphatic carbocycles. The molecule has 23 heavy (non-hydrogen) atoms. The van der Waals surface area contributed by atoms with Crippen molar-refractivity contribution in [1.29, 1.82) is 0 Å². The fourth-order valence-corrected chi connectivity index (χ4v) is 2.75. The third kappa shape index (κ3) is 2.75. The molecule has 0 bridgehead atoms. The van der Waals surface area contributed by atoms with Gasteiger partial charge in [0, 0.05) is 31.0 Å². The van der Waals surface area contributed by atoms with Crippen LogP contribution in [0.5, 0.6) is 0 Å². The first kappa shape index (κ1) is 13.8. The van der Waals surface area contributed by atoms with E-state index in [-0.39, 0.29) is 11.9 Å². The summed E-state index contributed by atoms with van der Waals surface area (Å²) in [5.74, 6) is 0.140. The molecule has 0 atom stereocenters. The van der Waals surface area contributed by atoms with Crippen LogP contribution in [-0.4, -0.2) is 43.5 Å². The fraction of sp³-hybridized carbons (Fsp3) is 0.235. The van der Waals surface area contributed by atoms with E-state index in [0.717, 1.165) is 11.3 Å². The molecule has 3 heterocycles. The van der Waals surface area contributed by atoms with Gasteiger partial charge in [0.05, 0.1) is 12.2 Å². The highest BCUT2D eigenvalue weighted by atomic mass is 16.2. The number of benzene rings is 1. The smallest absolute Gasteiger partial charge is 0.242 e. The number of aromatic nitrogens is 4. The maximum atomic E-state index is 12.2. The van der Waals surface area contributed by atoms with E-state index in [4.69, 9.17) is 0 Å². The molecule has 0 spiro atoms. The topological polar surface area (TPSA) is 56.0 Å². The minimum Gasteiger partial charge on any atom is -0.345 e. The maximum Gasteiger partial charge on any atom is 0.242 e. The molecule has 1 aliphatic heterocycles. The van der Waals surface area contributed by atoms with Gasteiger partial charge in [0.2, 0.25) is 5.91 Å². The minimum atomic E-state index is 0.140. The molecule has 1 fully saturated rings. The second kappa shape index (κ2) is 5.72. The molecule has 1 saturated heterocycles. The Hall–Kier alpha value is -2.89. The van der Waals surface area contributed by atoms with Gasteiger partial charge in [0.25, 0.3) is 0 Å². The van der Waals surface area contributed by atoms with E-state index in [1.165, 1.54) is 0 Å². The molecule has 6 nitrogen and oxygen atoms in total. The fourth-order valence-electron chi connectivity index (χ4n) is 2.75. The highest BCUT2D eigenvalue weighted by molar-refractivity contribution is 5.77. The Morgan fingerprint density at radius 1 is 1.09 bits per heavy atom. The third-order valence-corrected chi connectivity index (χ3v) is 4.15. The zero-order valence-electron chi connectivity index (χ0n) is 12.6. The zero-order valence-corrected chi connectivity index (χ0v) is 12.6. The molecule has 1 amide bonds. The SMILES string of the molecule is O=C(Cn1cccc1)N1CC(n2cc(-c3ccccc3)nn2)C1. The van der Waals surface area contributed by atoms with Gasteiger partial charge in [0.15, 0.2) is 0 Å². The van der Waals surface area contributed by atoms with Crippen LogP contribution in [0.1, 0.15) is 6.04 Å². The molecule has 0 saturated carbocycles. The van der Waals surface area contributed by atoms with Crippen molar-refractivity contribution in [3.8, 4) is 11.3 Å². The van der Waals surface area contributed by atoms with Crippen LogP contribution in [-0.2, 0) is 11.3 Å². The normalized spacial score (nSPS) is 14.7. The van der Waals surface area contributed by atoms with E-state index < -0.39 is 0 Å². The van der Waals surface area contributed by atoms with Crippen molar-refractivity contribution in [2.45, 2.75) is 12.6 Å². The summed E-state index contributed by atoms with van der Waals surface area (Å²) in [5, 5.41) is 8.43. The minimum absolute atomic E-state index is 0.140. The van der Waals surface area contributed by atoms with Gasteiger partial charge in [-0.2, -0.15) is 0 Å². The first-order valence-corrected chi connectivity index (χ1v) is 7.65. The first-order chi connectivity index (χ1) is 11.3. The van der Waals surface area contributed by atoms with Crippen molar-refractivity contribution in [1.82, 2.24) is 24.5 Å². The summed E-state index contributed by atoms with van der Waals surface area (Å²) in [4.78, 5) is 14.0. The van der Waals surface area contributed by atoms with E-state index in [1.807, 2.05) is 75.2 Å². The predicted octanol–water partition coefficient (Wildman–Crippen LogP) is 1.83. The number of likely N-dealkylation sites (tertiary alicyclic amines) is 1. The Bertz CT molecular complexity index is 788. The summed E-state index contributed by atoms with van der Waals surface area (Å²) in [6, 6.07) is 14.0. The molecule has 0 N–H and O–H groups in total. The quantitative estimate of drug-likeness (QED) is 0.739. The predicted molar refractivity (Wildman–Crippen MR) is 85.5 cm³/mol. The highest BCUT2D eigenvalue weighted by Crippen LogP contribution is 2.23. The van der Waals surface area contributed by atoms with Gasteiger partial charge in [-0.15, -0.1) is 5.10 Å². The Kier molecular flexibility index (Phi) is 3.42. The zero-order chi connectivity index (χ0) is 15.6. The van der Waals surface area contributed by atoms with Gasteiger partial charge in [-0.1, -0.05) is 35.5 Å². The van der Waals surface area contributed by atoms with Gasteiger partial charge in [0.1, 0.15) is 12.2 Å². The third-order valence-electron chi connectivity index (χ3n) is 4.15. The van der Waals surface area contributed by atoms with Crippen LogP contribution in [0.4, 0.5) is 0 Å². The maximum absolute atomic E-state index is 12.2. The van der Waals surface area contributed by atoms with Crippen molar-refractivity contribution in [2.75, 3.05) is 13.1 Å². The van der Waals surface area contributed by atoms with Crippen LogP contribution >= 0.6 is 0 Å². The Morgan fingerprint density at radius 3 is 2.57 bits per heavy atom. The Morgan fingerprint density at radius 2 is 1.83 bits per heavy atom. The molecule has 0 radical (unpaired) electrons. The summed E-state index contributed by atoms with van der Waals surface area (Å²) in [6.07, 6.45) is 5.76. The van der Waals surface area contributed by atoms with Crippen molar-refractivity contribution in [3.05, 3.63) is 61.1 Å². The average Bonchev–Trinajstić information content (AvgIpc) is 3.18. The van der Waals surface area contributed by atoms with Crippen LogP contribution in [0.3, 0.4) is 0 Å². The number of carbonyl (C=O) groups is 1. The van der Waals surface area contributed by atoms with E-state index in [0.29, 0.717) is 19.6 Å². The second-order valence-electron chi connectivity index (χ2n) is 5.76. The van der Waals surface area contributed by atoms with Crippen molar-refractivity contribution >= 4 is 5.91 Å². The Labute approximate surface area is 134 Å². The van der Waals surface area contributed by atoms with Crippen molar-refractivity contribution < 1.29 is 4.79 Å².